The van der Waals surface area contributed by atoms with Crippen LogP contribution in [0.4, 0.5) is 0 Å². The average molecular weight is 250 g/mol. The van der Waals surface area contributed by atoms with Gasteiger partial charge in [0.15, 0.2) is 0 Å². The molecule has 0 fully saturated rings. The van der Waals surface area contributed by atoms with Crippen molar-refractivity contribution in [2.24, 2.45) is 0 Å². The van der Waals surface area contributed by atoms with E-state index >= 15 is 0 Å². The monoisotopic (exact) mass is 250 g/mol. The highest BCUT2D eigenvalue weighted by molar-refractivity contribution is 7.11. The molecule has 3 heteroatoms. The fourth-order valence-electron chi connectivity index (χ4n) is 1.35. The van der Waals surface area contributed by atoms with Crippen LogP contribution in [-0.4, -0.2) is 19.5 Å². The summed E-state index contributed by atoms with van der Waals surface area (Å²) < 4.78 is 5.28. The third-order valence-corrected chi connectivity index (χ3v) is 3.05. The van der Waals surface area contributed by atoms with E-state index < -0.39 is 0 Å². The summed E-state index contributed by atoms with van der Waals surface area (Å²) in [6.07, 6.45) is 10.6. The van der Waals surface area contributed by atoms with E-state index in [9.17, 15) is 4.79 Å². The number of ether oxygens (including phenoxy) is 1. The molecule has 1 heterocycles. The first-order valence-electron chi connectivity index (χ1n) is 5.76. The van der Waals surface area contributed by atoms with Crippen LogP contribution < -0.4 is 0 Å². The number of allylic oxidation sites excluding steroid dienone is 1. The molecule has 0 atom stereocenters. The van der Waals surface area contributed by atoms with Crippen LogP contribution in [0.25, 0.3) is 12.2 Å². The zero-order chi connectivity index (χ0) is 12.3. The van der Waals surface area contributed by atoms with Crippen molar-refractivity contribution < 1.29 is 9.53 Å². The van der Waals surface area contributed by atoms with Crippen LogP contribution >= 0.6 is 11.3 Å². The molecule has 0 unspecified atom stereocenters. The van der Waals surface area contributed by atoms with Crippen LogP contribution in [0, 0.1) is 0 Å². The second-order valence-corrected chi connectivity index (χ2v) is 4.45. The van der Waals surface area contributed by atoms with Gasteiger partial charge in [-0.2, -0.15) is 0 Å². The first-order valence-corrected chi connectivity index (χ1v) is 6.64. The van der Waals surface area contributed by atoms with Crippen LogP contribution in [0.5, 0.6) is 0 Å². The van der Waals surface area contributed by atoms with Gasteiger partial charge >= 0.3 is 0 Å². The summed E-state index contributed by atoms with van der Waals surface area (Å²) in [5, 5.41) is 2.09. The van der Waals surface area contributed by atoms with Gasteiger partial charge < -0.3 is 9.53 Å². The van der Waals surface area contributed by atoms with Gasteiger partial charge in [-0.1, -0.05) is 18.2 Å². The van der Waals surface area contributed by atoms with Gasteiger partial charge in [0, 0.05) is 11.3 Å². The fourth-order valence-corrected chi connectivity index (χ4v) is 2.20. The van der Waals surface area contributed by atoms with Gasteiger partial charge in [-0.15, -0.1) is 11.3 Å². The van der Waals surface area contributed by atoms with E-state index in [2.05, 4.69) is 29.7 Å². The molecule has 0 amide bonds. The summed E-state index contributed by atoms with van der Waals surface area (Å²) in [7, 11) is 0. The van der Waals surface area contributed by atoms with Crippen LogP contribution in [0.15, 0.2) is 23.6 Å². The van der Waals surface area contributed by atoms with Crippen LogP contribution in [0.2, 0.25) is 0 Å². The summed E-state index contributed by atoms with van der Waals surface area (Å²) in [6.45, 7) is 3.22. The van der Waals surface area contributed by atoms with Crippen molar-refractivity contribution in [2.45, 2.75) is 19.8 Å². The number of aldehydes is 1. The highest BCUT2D eigenvalue weighted by Crippen LogP contribution is 2.19. The Morgan fingerprint density at radius 3 is 2.88 bits per heavy atom. The molecular formula is C14H18O2S. The zero-order valence-electron chi connectivity index (χ0n) is 10.1. The minimum atomic E-state index is 0.486. The quantitative estimate of drug-likeness (QED) is 0.518. The Morgan fingerprint density at radius 2 is 2.12 bits per heavy atom. The normalized spacial score (nSPS) is 11.6. The number of carbonyl (C=O) groups is 1. The molecule has 0 bridgehead atoms. The lowest BCUT2D eigenvalue weighted by molar-refractivity contribution is -0.108. The minimum Gasteiger partial charge on any atom is -0.381 e. The number of rotatable bonds is 8. The smallest absolute Gasteiger partial charge is 0.122 e. The summed E-state index contributed by atoms with van der Waals surface area (Å²) >= 11 is 1.74. The Morgan fingerprint density at radius 1 is 1.29 bits per heavy atom. The number of hydrogen-bond donors (Lipinski definition) is 0. The van der Waals surface area contributed by atoms with Gasteiger partial charge in [-0.05, 0) is 36.4 Å². The van der Waals surface area contributed by atoms with E-state index in [-0.39, 0.29) is 0 Å². The van der Waals surface area contributed by atoms with Crippen molar-refractivity contribution in [1.29, 1.82) is 0 Å². The molecule has 1 rings (SSSR count). The van der Waals surface area contributed by atoms with Crippen molar-refractivity contribution in [3.05, 3.63) is 34.0 Å². The predicted molar refractivity (Wildman–Crippen MR) is 74.2 cm³/mol. The Labute approximate surface area is 107 Å². The first kappa shape index (κ1) is 13.9. The van der Waals surface area contributed by atoms with E-state index in [1.165, 1.54) is 10.4 Å². The molecule has 1 aromatic heterocycles. The molecule has 0 saturated heterocycles. The molecule has 0 aromatic carbocycles. The summed E-state index contributed by atoms with van der Waals surface area (Å²) in [5.74, 6) is 0. The van der Waals surface area contributed by atoms with E-state index in [1.54, 1.807) is 11.3 Å². The lowest BCUT2D eigenvalue weighted by Gasteiger charge is -1.97. The molecule has 0 saturated carbocycles. The van der Waals surface area contributed by atoms with Crippen molar-refractivity contribution in [2.75, 3.05) is 13.2 Å². The zero-order valence-corrected chi connectivity index (χ0v) is 10.9. The van der Waals surface area contributed by atoms with Crippen molar-refractivity contribution in [3.63, 3.8) is 0 Å². The number of hydrogen-bond acceptors (Lipinski definition) is 3. The number of carbonyl (C=O) groups excluding carboxylic acids is 1. The Hall–Kier alpha value is -1.19. The molecular weight excluding hydrogens is 232 g/mol. The molecule has 17 heavy (non-hydrogen) atoms. The Bertz CT molecular complexity index is 377. The largest absolute Gasteiger partial charge is 0.381 e. The van der Waals surface area contributed by atoms with Gasteiger partial charge in [0.25, 0.3) is 0 Å². The fraction of sp³-hybridized carbons (Fsp3) is 0.357. The third kappa shape index (κ3) is 5.61. The Balaban J connectivity index is 2.28. The summed E-state index contributed by atoms with van der Waals surface area (Å²) in [6, 6.07) is 2.11. The highest BCUT2D eigenvalue weighted by Gasteiger charge is 1.95. The lowest BCUT2D eigenvalue weighted by Crippen LogP contribution is -1.95. The van der Waals surface area contributed by atoms with E-state index in [4.69, 9.17) is 4.74 Å². The van der Waals surface area contributed by atoms with Gasteiger partial charge in [-0.25, -0.2) is 0 Å². The maximum Gasteiger partial charge on any atom is 0.122 e. The highest BCUT2D eigenvalue weighted by atomic mass is 32.1. The summed E-state index contributed by atoms with van der Waals surface area (Å²) in [4.78, 5) is 11.3. The van der Waals surface area contributed by atoms with Gasteiger partial charge in [0.2, 0.25) is 0 Å². The topological polar surface area (TPSA) is 26.3 Å². The molecule has 92 valence electrons. The molecule has 0 aliphatic rings. The van der Waals surface area contributed by atoms with Gasteiger partial charge in [0.05, 0.1) is 13.2 Å². The second-order valence-electron chi connectivity index (χ2n) is 3.50. The van der Waals surface area contributed by atoms with Crippen molar-refractivity contribution >= 4 is 29.8 Å². The van der Waals surface area contributed by atoms with E-state index in [0.717, 1.165) is 12.7 Å². The average Bonchev–Trinajstić information content (AvgIpc) is 2.76. The first-order chi connectivity index (χ1) is 8.38. The van der Waals surface area contributed by atoms with E-state index in [0.29, 0.717) is 19.6 Å². The minimum absolute atomic E-state index is 0.486. The third-order valence-electron chi connectivity index (χ3n) is 2.15. The van der Waals surface area contributed by atoms with Crippen LogP contribution in [-0.2, 0) is 9.53 Å². The maximum atomic E-state index is 10.0. The molecule has 0 aliphatic heterocycles. The van der Waals surface area contributed by atoms with Gasteiger partial charge in [-0.3, -0.25) is 0 Å². The van der Waals surface area contributed by atoms with Gasteiger partial charge in [0.1, 0.15) is 6.29 Å². The second kappa shape index (κ2) is 8.90. The molecule has 0 radical (unpaired) electrons. The molecule has 0 aliphatic carbocycles. The molecule has 0 spiro atoms. The van der Waals surface area contributed by atoms with Crippen molar-refractivity contribution in [3.8, 4) is 0 Å². The van der Waals surface area contributed by atoms with Crippen LogP contribution in [0.3, 0.4) is 0 Å². The Kier molecular flexibility index (Phi) is 7.27. The van der Waals surface area contributed by atoms with E-state index in [1.807, 2.05) is 13.0 Å². The number of thiophene rings is 1. The lowest BCUT2D eigenvalue weighted by atomic mass is 10.2. The molecule has 2 nitrogen and oxygen atoms in total. The SMILES string of the molecule is C/C=C\c1sccc1/C=C/CCOCCC=O. The maximum absolute atomic E-state index is 10.0. The standard InChI is InChI=1S/C14H18O2S/c1-2-6-14-13(8-12-17-14)7-3-4-10-16-11-5-9-15/h2-3,6-9,12H,4-5,10-11H2,1H3/b6-2-,7-3+. The molecule has 1 aromatic rings. The van der Waals surface area contributed by atoms with Crippen molar-refractivity contribution in [1.82, 2.24) is 0 Å². The molecule has 0 N–H and O–H groups in total. The predicted octanol–water partition coefficient (Wildman–Crippen LogP) is 3.79. The summed E-state index contributed by atoms with van der Waals surface area (Å²) in [5.41, 5.74) is 1.25. The van der Waals surface area contributed by atoms with Crippen LogP contribution in [0.1, 0.15) is 30.2 Å².